The van der Waals surface area contributed by atoms with Gasteiger partial charge in [-0.1, -0.05) is 13.8 Å². The van der Waals surface area contributed by atoms with Crippen LogP contribution in [0.25, 0.3) is 0 Å². The molecule has 1 unspecified atom stereocenters. The highest BCUT2D eigenvalue weighted by Crippen LogP contribution is 2.16. The second-order valence-corrected chi connectivity index (χ2v) is 7.44. The lowest BCUT2D eigenvalue weighted by atomic mass is 9.94. The van der Waals surface area contributed by atoms with E-state index in [9.17, 15) is 13.5 Å². The monoisotopic (exact) mass is 304 g/mol. The van der Waals surface area contributed by atoms with Crippen LogP contribution in [0.5, 0.6) is 0 Å². The Morgan fingerprint density at radius 1 is 1.40 bits per heavy atom. The van der Waals surface area contributed by atoms with Crippen LogP contribution in [0.15, 0.2) is 21.6 Å². The average molecular weight is 304 g/mol. The Kier molecular flexibility index (Phi) is 5.76. The van der Waals surface area contributed by atoms with Gasteiger partial charge in [0.1, 0.15) is 5.76 Å². The fourth-order valence-corrected chi connectivity index (χ4v) is 2.77. The van der Waals surface area contributed by atoms with Crippen LogP contribution < -0.4 is 10.0 Å². The molecule has 0 aliphatic heterocycles. The lowest BCUT2D eigenvalue weighted by molar-refractivity contribution is 0.0379. The zero-order valence-electron chi connectivity index (χ0n) is 12.4. The average Bonchev–Trinajstić information content (AvgIpc) is 2.76. The number of furan rings is 1. The van der Waals surface area contributed by atoms with E-state index in [0.717, 1.165) is 0 Å². The first-order chi connectivity index (χ1) is 9.16. The van der Waals surface area contributed by atoms with Crippen LogP contribution >= 0.6 is 0 Å². The van der Waals surface area contributed by atoms with E-state index in [-0.39, 0.29) is 5.09 Å². The summed E-state index contributed by atoms with van der Waals surface area (Å²) in [6.45, 7) is 6.66. The number of sulfonamides is 1. The summed E-state index contributed by atoms with van der Waals surface area (Å²) in [5.74, 6) is 0.918. The van der Waals surface area contributed by atoms with Crippen LogP contribution in [0.2, 0.25) is 0 Å². The number of rotatable bonds is 8. The van der Waals surface area contributed by atoms with Gasteiger partial charge < -0.3 is 14.8 Å². The maximum Gasteiger partial charge on any atom is 0.273 e. The van der Waals surface area contributed by atoms with Gasteiger partial charge in [0.2, 0.25) is 5.09 Å². The molecule has 0 aromatic carbocycles. The molecular formula is C13H24N2O4S. The third kappa shape index (κ3) is 5.24. The first-order valence-corrected chi connectivity index (χ1v) is 8.10. The molecule has 0 amide bonds. The van der Waals surface area contributed by atoms with Crippen LogP contribution in [0.1, 0.15) is 33.0 Å². The van der Waals surface area contributed by atoms with E-state index in [1.807, 2.05) is 0 Å². The fourth-order valence-electron chi connectivity index (χ4n) is 2.10. The Morgan fingerprint density at radius 3 is 2.60 bits per heavy atom. The maximum atomic E-state index is 11.5. The summed E-state index contributed by atoms with van der Waals surface area (Å²) in [6.07, 6.45) is 0.692. The minimum atomic E-state index is -3.54. The highest BCUT2D eigenvalue weighted by atomic mass is 32.2. The molecule has 1 aromatic rings. The lowest BCUT2D eigenvalue weighted by Gasteiger charge is -2.25. The molecule has 0 fully saturated rings. The molecular weight excluding hydrogens is 280 g/mol. The van der Waals surface area contributed by atoms with E-state index in [1.54, 1.807) is 13.0 Å². The Morgan fingerprint density at radius 2 is 2.05 bits per heavy atom. The number of aliphatic hydroxyl groups is 1. The topological polar surface area (TPSA) is 91.6 Å². The lowest BCUT2D eigenvalue weighted by Crippen LogP contribution is -2.38. The van der Waals surface area contributed by atoms with Crippen molar-refractivity contribution in [2.45, 2.75) is 44.4 Å². The highest BCUT2D eigenvalue weighted by Gasteiger charge is 2.21. The minimum absolute atomic E-state index is 0.106. The second kappa shape index (κ2) is 6.71. The molecule has 1 aromatic heterocycles. The van der Waals surface area contributed by atoms with Crippen molar-refractivity contribution < 1.29 is 17.9 Å². The standard InChI is InChI=1S/C13H24N2O4S/c1-10(2)7-13(3,16)9-15-8-11-5-6-12(19-11)20(17,18)14-4/h5-6,10,14-16H,7-9H2,1-4H3. The molecule has 0 saturated carbocycles. The van der Waals surface area contributed by atoms with Crippen molar-refractivity contribution in [3.63, 3.8) is 0 Å². The Hall–Kier alpha value is -0.890. The quantitative estimate of drug-likeness (QED) is 0.668. The Labute approximate surface area is 120 Å². The SMILES string of the molecule is CNS(=O)(=O)c1ccc(CNCC(C)(O)CC(C)C)o1. The van der Waals surface area contributed by atoms with Crippen LogP contribution in [0, 0.1) is 5.92 Å². The molecule has 1 rings (SSSR count). The Balaban J connectivity index is 2.52. The third-order valence-corrected chi connectivity index (χ3v) is 4.11. The predicted molar refractivity (Wildman–Crippen MR) is 76.7 cm³/mol. The molecule has 0 saturated heterocycles. The first-order valence-electron chi connectivity index (χ1n) is 6.61. The van der Waals surface area contributed by atoms with E-state index >= 15 is 0 Å². The maximum absolute atomic E-state index is 11.5. The van der Waals surface area contributed by atoms with E-state index in [0.29, 0.717) is 31.2 Å². The van der Waals surface area contributed by atoms with Crippen molar-refractivity contribution >= 4 is 10.0 Å². The minimum Gasteiger partial charge on any atom is -0.447 e. The van der Waals surface area contributed by atoms with Gasteiger partial charge in [0.05, 0.1) is 12.1 Å². The summed E-state index contributed by atoms with van der Waals surface area (Å²) in [6, 6.07) is 3.02. The van der Waals surface area contributed by atoms with Crippen molar-refractivity contribution in [3.05, 3.63) is 17.9 Å². The van der Waals surface area contributed by atoms with E-state index in [4.69, 9.17) is 4.42 Å². The summed E-state index contributed by atoms with van der Waals surface area (Å²) in [7, 11) is -2.21. The summed E-state index contributed by atoms with van der Waals surface area (Å²) in [5, 5.41) is 13.1. The van der Waals surface area contributed by atoms with E-state index in [2.05, 4.69) is 23.9 Å². The van der Waals surface area contributed by atoms with Gasteiger partial charge in [0, 0.05) is 6.54 Å². The van der Waals surface area contributed by atoms with Gasteiger partial charge in [-0.15, -0.1) is 0 Å². The zero-order valence-corrected chi connectivity index (χ0v) is 13.3. The molecule has 1 heterocycles. The summed E-state index contributed by atoms with van der Waals surface area (Å²) in [5.41, 5.74) is -0.791. The van der Waals surface area contributed by atoms with Gasteiger partial charge in [0.15, 0.2) is 0 Å². The molecule has 0 aliphatic carbocycles. The van der Waals surface area contributed by atoms with Gasteiger partial charge >= 0.3 is 0 Å². The van der Waals surface area contributed by atoms with Crippen molar-refractivity contribution in [2.24, 2.45) is 5.92 Å². The van der Waals surface area contributed by atoms with Gasteiger partial charge in [0.25, 0.3) is 10.0 Å². The molecule has 116 valence electrons. The summed E-state index contributed by atoms with van der Waals surface area (Å²) in [4.78, 5) is 0. The van der Waals surface area contributed by atoms with Crippen LogP contribution in [0.4, 0.5) is 0 Å². The van der Waals surface area contributed by atoms with E-state index < -0.39 is 15.6 Å². The van der Waals surface area contributed by atoms with Crippen molar-refractivity contribution in [3.8, 4) is 0 Å². The van der Waals surface area contributed by atoms with Crippen molar-refractivity contribution in [2.75, 3.05) is 13.6 Å². The van der Waals surface area contributed by atoms with Gasteiger partial charge in [-0.25, -0.2) is 13.1 Å². The predicted octanol–water partition coefficient (Wildman–Crippen LogP) is 1.07. The first kappa shape index (κ1) is 17.2. The smallest absolute Gasteiger partial charge is 0.273 e. The molecule has 7 heteroatoms. The molecule has 0 bridgehead atoms. The van der Waals surface area contributed by atoms with E-state index in [1.165, 1.54) is 13.1 Å². The highest BCUT2D eigenvalue weighted by molar-refractivity contribution is 7.89. The van der Waals surface area contributed by atoms with Gasteiger partial charge in [-0.05, 0) is 38.4 Å². The van der Waals surface area contributed by atoms with Crippen LogP contribution in [-0.2, 0) is 16.6 Å². The van der Waals surface area contributed by atoms with Gasteiger partial charge in [-0.3, -0.25) is 0 Å². The van der Waals surface area contributed by atoms with Crippen molar-refractivity contribution in [1.29, 1.82) is 0 Å². The number of hydrogen-bond donors (Lipinski definition) is 3. The third-order valence-electron chi connectivity index (χ3n) is 2.82. The second-order valence-electron chi connectivity index (χ2n) is 5.63. The summed E-state index contributed by atoms with van der Waals surface area (Å²) >= 11 is 0. The number of hydrogen-bond acceptors (Lipinski definition) is 5. The van der Waals surface area contributed by atoms with Crippen LogP contribution in [-0.4, -0.2) is 32.7 Å². The molecule has 0 spiro atoms. The molecule has 3 N–H and O–H groups in total. The normalized spacial score (nSPS) is 15.5. The zero-order chi connectivity index (χ0) is 15.4. The van der Waals surface area contributed by atoms with Crippen LogP contribution in [0.3, 0.4) is 0 Å². The number of nitrogens with one attached hydrogen (secondary N) is 2. The molecule has 20 heavy (non-hydrogen) atoms. The molecule has 0 radical (unpaired) electrons. The largest absolute Gasteiger partial charge is 0.447 e. The molecule has 1 atom stereocenters. The molecule has 0 aliphatic rings. The Bertz CT molecular complexity index is 520. The van der Waals surface area contributed by atoms with Gasteiger partial charge in [-0.2, -0.15) is 0 Å². The summed E-state index contributed by atoms with van der Waals surface area (Å²) < 4.78 is 30.4. The van der Waals surface area contributed by atoms with Crippen molar-refractivity contribution in [1.82, 2.24) is 10.0 Å². The fraction of sp³-hybridized carbons (Fsp3) is 0.692. The molecule has 6 nitrogen and oxygen atoms in total.